The molecule has 1 aromatic rings. The van der Waals surface area contributed by atoms with Gasteiger partial charge in [-0.2, -0.15) is 4.31 Å². The van der Waals surface area contributed by atoms with E-state index in [1.54, 1.807) is 0 Å². The maximum atomic E-state index is 12.8. The van der Waals surface area contributed by atoms with Gasteiger partial charge in [-0.05, 0) is 12.1 Å². The van der Waals surface area contributed by atoms with Crippen molar-refractivity contribution in [3.8, 4) is 5.75 Å². The minimum Gasteiger partial charge on any atom is -0.504 e. The van der Waals surface area contributed by atoms with Crippen molar-refractivity contribution in [2.75, 3.05) is 45.1 Å². The highest BCUT2D eigenvalue weighted by atomic mass is 35.5. The molecular formula is C13H18ClN3O4S. The van der Waals surface area contributed by atoms with Crippen LogP contribution in [-0.2, 0) is 14.8 Å². The van der Waals surface area contributed by atoms with Crippen LogP contribution in [0.3, 0.4) is 0 Å². The number of phenolic OH excluding ortho intramolecular Hbond substituents is 1. The number of hydrogen-bond acceptors (Lipinski definition) is 6. The van der Waals surface area contributed by atoms with E-state index in [1.807, 2.05) is 0 Å². The molecule has 3 N–H and O–H groups in total. The van der Waals surface area contributed by atoms with E-state index in [1.165, 1.54) is 16.4 Å². The third-order valence-corrected chi connectivity index (χ3v) is 6.48. The van der Waals surface area contributed by atoms with Crippen LogP contribution in [0.5, 0.6) is 5.75 Å². The summed E-state index contributed by atoms with van der Waals surface area (Å²) in [6.45, 7) is 3.28. The molecular weight excluding hydrogens is 330 g/mol. The van der Waals surface area contributed by atoms with Gasteiger partial charge in [0.15, 0.2) is 5.75 Å². The third-order valence-electron chi connectivity index (χ3n) is 4.11. The summed E-state index contributed by atoms with van der Waals surface area (Å²) in [4.78, 5) is 1.90. The van der Waals surface area contributed by atoms with E-state index in [9.17, 15) is 13.5 Å². The number of nitrogen functional groups attached to an aromatic ring is 1. The number of sulfonamides is 1. The molecule has 0 aliphatic carbocycles. The van der Waals surface area contributed by atoms with Crippen LogP contribution in [-0.4, -0.2) is 68.2 Å². The maximum absolute atomic E-state index is 12.8. The van der Waals surface area contributed by atoms with E-state index in [-0.39, 0.29) is 21.6 Å². The van der Waals surface area contributed by atoms with Crippen LogP contribution in [0.15, 0.2) is 17.0 Å². The summed E-state index contributed by atoms with van der Waals surface area (Å²) in [5, 5.41) is 9.99. The Balaban J connectivity index is 1.92. The number of anilines is 1. The number of halogens is 1. The monoisotopic (exact) mass is 347 g/mol. The molecule has 7 nitrogen and oxygen atoms in total. The second-order valence-electron chi connectivity index (χ2n) is 5.44. The quantitative estimate of drug-likeness (QED) is 0.591. The minimum absolute atomic E-state index is 0.0115. The number of ether oxygens (including phenoxy) is 1. The standard InChI is InChI=1S/C13H18ClN3O4S/c14-10-1-2-11(15)12(18)13(10)22(19,20)17-4-3-16-5-6-21-8-9(16)7-17/h1-2,9,18H,3-8,15H2/t9-/m1/s1. The number of aromatic hydroxyl groups is 1. The number of piperazine rings is 1. The second kappa shape index (κ2) is 5.86. The number of hydrogen-bond donors (Lipinski definition) is 2. The smallest absolute Gasteiger partial charge is 0.248 e. The zero-order valence-corrected chi connectivity index (χ0v) is 13.5. The van der Waals surface area contributed by atoms with Crippen LogP contribution < -0.4 is 5.73 Å². The number of rotatable bonds is 2. The van der Waals surface area contributed by atoms with Crippen LogP contribution in [0.4, 0.5) is 5.69 Å². The van der Waals surface area contributed by atoms with Crippen LogP contribution in [0.1, 0.15) is 0 Å². The molecule has 1 atom stereocenters. The lowest BCUT2D eigenvalue weighted by Crippen LogP contribution is -2.59. The highest BCUT2D eigenvalue weighted by Crippen LogP contribution is 2.37. The van der Waals surface area contributed by atoms with E-state index >= 15 is 0 Å². The zero-order valence-electron chi connectivity index (χ0n) is 11.9. The van der Waals surface area contributed by atoms with Gasteiger partial charge in [0.25, 0.3) is 0 Å². The average Bonchev–Trinajstić information content (AvgIpc) is 2.50. The summed E-state index contributed by atoms with van der Waals surface area (Å²) in [7, 11) is -3.91. The molecule has 0 unspecified atom stereocenters. The Morgan fingerprint density at radius 1 is 1.32 bits per heavy atom. The fourth-order valence-electron chi connectivity index (χ4n) is 2.87. The largest absolute Gasteiger partial charge is 0.504 e. The van der Waals surface area contributed by atoms with Gasteiger partial charge in [-0.15, -0.1) is 0 Å². The number of benzene rings is 1. The second-order valence-corrected chi connectivity index (χ2v) is 7.72. The molecule has 0 bridgehead atoms. The maximum Gasteiger partial charge on any atom is 0.248 e. The van der Waals surface area contributed by atoms with Gasteiger partial charge >= 0.3 is 0 Å². The van der Waals surface area contributed by atoms with E-state index in [2.05, 4.69) is 4.90 Å². The molecule has 0 spiro atoms. The molecule has 2 aliphatic heterocycles. The highest BCUT2D eigenvalue weighted by molar-refractivity contribution is 7.89. The van der Waals surface area contributed by atoms with Crippen molar-refractivity contribution in [3.05, 3.63) is 17.2 Å². The lowest BCUT2D eigenvalue weighted by molar-refractivity contribution is -0.0304. The molecule has 22 heavy (non-hydrogen) atoms. The number of nitrogens with zero attached hydrogens (tertiary/aromatic N) is 2. The first-order valence-corrected chi connectivity index (χ1v) is 8.82. The van der Waals surface area contributed by atoms with Gasteiger partial charge in [0, 0.05) is 32.2 Å². The number of fused-ring (bicyclic) bond motifs is 1. The highest BCUT2D eigenvalue weighted by Gasteiger charge is 2.38. The first-order chi connectivity index (χ1) is 10.4. The van der Waals surface area contributed by atoms with Gasteiger partial charge in [-0.25, -0.2) is 8.42 Å². The molecule has 1 aromatic carbocycles. The van der Waals surface area contributed by atoms with Crippen LogP contribution in [0.25, 0.3) is 0 Å². The molecule has 0 radical (unpaired) electrons. The normalized spacial score (nSPS) is 24.1. The summed E-state index contributed by atoms with van der Waals surface area (Å²) in [6.07, 6.45) is 0. The van der Waals surface area contributed by atoms with Crippen molar-refractivity contribution in [1.82, 2.24) is 9.21 Å². The van der Waals surface area contributed by atoms with E-state index < -0.39 is 15.8 Å². The summed E-state index contributed by atoms with van der Waals surface area (Å²) < 4.78 is 32.4. The molecule has 3 rings (SSSR count). The zero-order chi connectivity index (χ0) is 15.9. The van der Waals surface area contributed by atoms with Gasteiger partial charge in [-0.3, -0.25) is 4.90 Å². The topological polar surface area (TPSA) is 96.1 Å². The van der Waals surface area contributed by atoms with E-state index in [4.69, 9.17) is 22.1 Å². The summed E-state index contributed by atoms with van der Waals surface area (Å²) in [5.41, 5.74) is 5.59. The van der Waals surface area contributed by atoms with Crippen molar-refractivity contribution < 1.29 is 18.3 Å². The molecule has 0 aromatic heterocycles. The lowest BCUT2D eigenvalue weighted by atomic mass is 10.2. The first kappa shape index (κ1) is 15.8. The Bertz CT molecular complexity index is 682. The summed E-state index contributed by atoms with van der Waals surface area (Å²) in [5.74, 6) is -0.491. The van der Waals surface area contributed by atoms with Gasteiger partial charge in [0.2, 0.25) is 10.0 Å². The van der Waals surface area contributed by atoms with Crippen LogP contribution >= 0.6 is 11.6 Å². The van der Waals surface area contributed by atoms with Gasteiger partial charge in [0.05, 0.1) is 23.9 Å². The average molecular weight is 348 g/mol. The molecule has 2 aliphatic rings. The number of phenols is 1. The number of nitrogens with two attached hydrogens (primary N) is 1. The predicted octanol–water partition coefficient (Wildman–Crippen LogP) is 0.333. The summed E-state index contributed by atoms with van der Waals surface area (Å²) >= 11 is 5.99. The molecule has 0 amide bonds. The molecule has 122 valence electrons. The van der Waals surface area contributed by atoms with Crippen molar-refractivity contribution in [1.29, 1.82) is 0 Å². The van der Waals surface area contributed by atoms with E-state index in [0.29, 0.717) is 32.8 Å². The van der Waals surface area contributed by atoms with E-state index in [0.717, 1.165) is 6.54 Å². The Morgan fingerprint density at radius 3 is 2.86 bits per heavy atom. The Hall–Kier alpha value is -1.06. The molecule has 0 saturated carbocycles. The fraction of sp³-hybridized carbons (Fsp3) is 0.538. The fourth-order valence-corrected chi connectivity index (χ4v) is 4.94. The third kappa shape index (κ3) is 2.65. The number of morpholine rings is 1. The molecule has 2 fully saturated rings. The Morgan fingerprint density at radius 2 is 2.09 bits per heavy atom. The van der Waals surface area contributed by atoms with Crippen LogP contribution in [0, 0.1) is 0 Å². The lowest BCUT2D eigenvalue weighted by Gasteiger charge is -2.43. The van der Waals surface area contributed by atoms with Crippen LogP contribution in [0.2, 0.25) is 5.02 Å². The SMILES string of the molecule is Nc1ccc(Cl)c(S(=O)(=O)N2CCN3CCOC[C@H]3C2)c1O. The van der Waals surface area contributed by atoms with Crippen molar-refractivity contribution in [2.24, 2.45) is 0 Å². The van der Waals surface area contributed by atoms with Gasteiger partial charge < -0.3 is 15.6 Å². The van der Waals surface area contributed by atoms with Crippen molar-refractivity contribution >= 4 is 27.3 Å². The Labute approximate surface area is 134 Å². The van der Waals surface area contributed by atoms with Gasteiger partial charge in [-0.1, -0.05) is 11.6 Å². The first-order valence-electron chi connectivity index (χ1n) is 7.00. The predicted molar refractivity (Wildman–Crippen MR) is 82.5 cm³/mol. The van der Waals surface area contributed by atoms with Crippen molar-refractivity contribution in [2.45, 2.75) is 10.9 Å². The minimum atomic E-state index is -3.91. The molecule has 9 heteroatoms. The van der Waals surface area contributed by atoms with Crippen molar-refractivity contribution in [3.63, 3.8) is 0 Å². The Kier molecular flexibility index (Phi) is 4.21. The molecule has 2 saturated heterocycles. The summed E-state index contributed by atoms with van der Waals surface area (Å²) in [6, 6.07) is 2.78. The molecule has 2 heterocycles. The van der Waals surface area contributed by atoms with Gasteiger partial charge in [0.1, 0.15) is 4.90 Å².